The highest BCUT2D eigenvalue weighted by molar-refractivity contribution is 5.92. The first kappa shape index (κ1) is 14.8. The van der Waals surface area contributed by atoms with Crippen LogP contribution in [0.15, 0.2) is 55.0 Å². The summed E-state index contributed by atoms with van der Waals surface area (Å²) in [5, 5.41) is 4.12. The number of nitrogens with zero attached hydrogens (tertiary/aromatic N) is 2. The SMILES string of the molecule is O=C(Nc1cc[nH]c1)C1CCN(c2cnc3ccccc3c2)CC1. The lowest BCUT2D eigenvalue weighted by Crippen LogP contribution is -2.38. The maximum Gasteiger partial charge on any atom is 0.227 e. The van der Waals surface area contributed by atoms with Gasteiger partial charge in [0.05, 0.1) is 23.1 Å². The molecule has 2 N–H and O–H groups in total. The molecule has 0 aliphatic carbocycles. The average molecular weight is 320 g/mol. The lowest BCUT2D eigenvalue weighted by molar-refractivity contribution is -0.120. The molecule has 0 spiro atoms. The van der Waals surface area contributed by atoms with Crippen LogP contribution < -0.4 is 10.2 Å². The number of aromatic amines is 1. The molecule has 1 amide bonds. The van der Waals surface area contributed by atoms with Gasteiger partial charge in [-0.15, -0.1) is 0 Å². The van der Waals surface area contributed by atoms with E-state index in [1.165, 1.54) is 0 Å². The minimum absolute atomic E-state index is 0.0737. The minimum Gasteiger partial charge on any atom is -0.370 e. The number of hydrogen-bond donors (Lipinski definition) is 2. The van der Waals surface area contributed by atoms with E-state index in [-0.39, 0.29) is 11.8 Å². The quantitative estimate of drug-likeness (QED) is 0.777. The molecule has 1 aromatic carbocycles. The predicted octanol–water partition coefficient (Wildman–Crippen LogP) is 3.42. The molecule has 1 saturated heterocycles. The van der Waals surface area contributed by atoms with Crippen molar-refractivity contribution in [1.29, 1.82) is 0 Å². The summed E-state index contributed by atoms with van der Waals surface area (Å²) >= 11 is 0. The Balaban J connectivity index is 1.40. The van der Waals surface area contributed by atoms with Crippen LogP contribution in [0.1, 0.15) is 12.8 Å². The van der Waals surface area contributed by atoms with Gasteiger partial charge >= 0.3 is 0 Å². The number of aromatic nitrogens is 2. The summed E-state index contributed by atoms with van der Waals surface area (Å²) < 4.78 is 0. The van der Waals surface area contributed by atoms with Crippen molar-refractivity contribution in [1.82, 2.24) is 9.97 Å². The number of nitrogens with one attached hydrogen (secondary N) is 2. The van der Waals surface area contributed by atoms with Gasteiger partial charge in [0.15, 0.2) is 0 Å². The van der Waals surface area contributed by atoms with Crippen LogP contribution in [0.5, 0.6) is 0 Å². The summed E-state index contributed by atoms with van der Waals surface area (Å²) in [5.41, 5.74) is 2.99. The van der Waals surface area contributed by atoms with Crippen LogP contribution in [0.4, 0.5) is 11.4 Å². The normalized spacial score (nSPS) is 15.6. The van der Waals surface area contributed by atoms with Crippen molar-refractivity contribution in [3.8, 4) is 0 Å². The third-order valence-electron chi connectivity index (χ3n) is 4.67. The van der Waals surface area contributed by atoms with E-state index in [1.54, 1.807) is 6.20 Å². The molecule has 3 heterocycles. The monoisotopic (exact) mass is 320 g/mol. The number of hydrogen-bond acceptors (Lipinski definition) is 3. The van der Waals surface area contributed by atoms with Crippen molar-refractivity contribution < 1.29 is 4.79 Å². The first-order valence-corrected chi connectivity index (χ1v) is 8.33. The van der Waals surface area contributed by atoms with Crippen LogP contribution in [-0.2, 0) is 4.79 Å². The number of fused-ring (bicyclic) bond motifs is 1. The van der Waals surface area contributed by atoms with Crippen molar-refractivity contribution in [2.24, 2.45) is 5.92 Å². The third-order valence-corrected chi connectivity index (χ3v) is 4.67. The number of H-pyrrole nitrogens is 1. The molecule has 24 heavy (non-hydrogen) atoms. The smallest absolute Gasteiger partial charge is 0.227 e. The van der Waals surface area contributed by atoms with Crippen LogP contribution in [0.3, 0.4) is 0 Å². The van der Waals surface area contributed by atoms with Gasteiger partial charge in [-0.1, -0.05) is 18.2 Å². The molecule has 5 nitrogen and oxygen atoms in total. The molecule has 3 aromatic rings. The van der Waals surface area contributed by atoms with Crippen molar-refractivity contribution in [2.75, 3.05) is 23.3 Å². The Morgan fingerprint density at radius 2 is 2.04 bits per heavy atom. The maximum atomic E-state index is 12.3. The molecule has 1 aliphatic rings. The zero-order valence-electron chi connectivity index (χ0n) is 13.4. The molecular weight excluding hydrogens is 300 g/mol. The van der Waals surface area contributed by atoms with E-state index >= 15 is 0 Å². The summed E-state index contributed by atoms with van der Waals surface area (Å²) in [4.78, 5) is 22.1. The number of amides is 1. The number of benzene rings is 1. The van der Waals surface area contributed by atoms with Gasteiger partial charge in [-0.2, -0.15) is 0 Å². The minimum atomic E-state index is 0.0737. The van der Waals surface area contributed by atoms with E-state index in [0.29, 0.717) is 0 Å². The van der Waals surface area contributed by atoms with E-state index in [2.05, 4.69) is 32.3 Å². The summed E-state index contributed by atoms with van der Waals surface area (Å²) in [5.74, 6) is 0.190. The highest BCUT2D eigenvalue weighted by Gasteiger charge is 2.25. The fourth-order valence-corrected chi connectivity index (χ4v) is 3.28. The topological polar surface area (TPSA) is 61.0 Å². The molecule has 0 bridgehead atoms. The molecule has 1 fully saturated rings. The third kappa shape index (κ3) is 2.97. The molecule has 5 heteroatoms. The number of carbonyl (C=O) groups is 1. The maximum absolute atomic E-state index is 12.3. The Morgan fingerprint density at radius 1 is 1.21 bits per heavy atom. The van der Waals surface area contributed by atoms with Crippen LogP contribution >= 0.6 is 0 Å². The molecule has 1 aliphatic heterocycles. The van der Waals surface area contributed by atoms with Crippen molar-refractivity contribution in [2.45, 2.75) is 12.8 Å². The summed E-state index contributed by atoms with van der Waals surface area (Å²) in [6.07, 6.45) is 7.27. The largest absolute Gasteiger partial charge is 0.370 e. The molecule has 4 rings (SSSR count). The standard InChI is InChI=1S/C19H20N4O/c24-19(22-16-5-8-20-12-16)14-6-9-23(10-7-14)17-11-15-3-1-2-4-18(15)21-13-17/h1-5,8,11-14,20H,6-7,9-10H2,(H,22,24). The van der Waals surface area contributed by atoms with Crippen LogP contribution in [-0.4, -0.2) is 29.0 Å². The van der Waals surface area contributed by atoms with E-state index < -0.39 is 0 Å². The second-order valence-electron chi connectivity index (χ2n) is 6.24. The Hall–Kier alpha value is -2.82. The Kier molecular flexibility index (Phi) is 3.91. The number of rotatable bonds is 3. The Morgan fingerprint density at radius 3 is 2.83 bits per heavy atom. The zero-order valence-corrected chi connectivity index (χ0v) is 13.4. The molecular formula is C19H20N4O. The number of anilines is 2. The van der Waals surface area contributed by atoms with Crippen LogP contribution in [0.2, 0.25) is 0 Å². The van der Waals surface area contributed by atoms with E-state index in [0.717, 1.165) is 48.2 Å². The first-order chi connectivity index (χ1) is 11.8. The fraction of sp³-hybridized carbons (Fsp3) is 0.263. The molecule has 122 valence electrons. The summed E-state index contributed by atoms with van der Waals surface area (Å²) in [6, 6.07) is 12.2. The lowest BCUT2D eigenvalue weighted by atomic mass is 9.95. The molecule has 0 unspecified atom stereocenters. The molecule has 0 atom stereocenters. The van der Waals surface area contributed by atoms with E-state index in [1.807, 2.05) is 36.7 Å². The van der Waals surface area contributed by atoms with Gasteiger partial charge in [0, 0.05) is 36.8 Å². The van der Waals surface area contributed by atoms with Crippen molar-refractivity contribution in [3.63, 3.8) is 0 Å². The number of piperidine rings is 1. The lowest BCUT2D eigenvalue weighted by Gasteiger charge is -2.32. The second kappa shape index (κ2) is 6.35. The van der Waals surface area contributed by atoms with Gasteiger partial charge in [0.2, 0.25) is 5.91 Å². The van der Waals surface area contributed by atoms with E-state index in [9.17, 15) is 4.79 Å². The molecule has 2 aromatic heterocycles. The summed E-state index contributed by atoms with van der Waals surface area (Å²) in [7, 11) is 0. The van der Waals surface area contributed by atoms with Gasteiger partial charge in [-0.25, -0.2) is 0 Å². The average Bonchev–Trinajstić information content (AvgIpc) is 3.14. The van der Waals surface area contributed by atoms with Gasteiger partial charge < -0.3 is 15.2 Å². The highest BCUT2D eigenvalue weighted by atomic mass is 16.1. The number of pyridine rings is 1. The second-order valence-corrected chi connectivity index (χ2v) is 6.24. The number of para-hydroxylation sites is 1. The van der Waals surface area contributed by atoms with Gasteiger partial charge in [0.25, 0.3) is 0 Å². The van der Waals surface area contributed by atoms with E-state index in [4.69, 9.17) is 0 Å². The van der Waals surface area contributed by atoms with Gasteiger partial charge in [0.1, 0.15) is 0 Å². The van der Waals surface area contributed by atoms with Crippen LogP contribution in [0, 0.1) is 5.92 Å². The fourth-order valence-electron chi connectivity index (χ4n) is 3.28. The highest BCUT2D eigenvalue weighted by Crippen LogP contribution is 2.26. The van der Waals surface area contributed by atoms with Crippen LogP contribution in [0.25, 0.3) is 10.9 Å². The molecule has 0 saturated carbocycles. The Labute approximate surface area is 140 Å². The first-order valence-electron chi connectivity index (χ1n) is 8.33. The molecule has 0 radical (unpaired) electrons. The van der Waals surface area contributed by atoms with Crippen molar-refractivity contribution >= 4 is 28.2 Å². The Bertz CT molecular complexity index is 835. The number of carbonyl (C=O) groups excluding carboxylic acids is 1. The summed E-state index contributed by atoms with van der Waals surface area (Å²) in [6.45, 7) is 1.76. The van der Waals surface area contributed by atoms with Gasteiger partial charge in [-0.3, -0.25) is 9.78 Å². The van der Waals surface area contributed by atoms with Crippen molar-refractivity contribution in [3.05, 3.63) is 55.0 Å². The zero-order chi connectivity index (χ0) is 16.4. The van der Waals surface area contributed by atoms with Gasteiger partial charge in [-0.05, 0) is 31.0 Å². The predicted molar refractivity (Wildman–Crippen MR) is 96.1 cm³/mol.